The topological polar surface area (TPSA) is 311 Å². The van der Waals surface area contributed by atoms with E-state index in [0.29, 0.717) is 6.42 Å². The van der Waals surface area contributed by atoms with Gasteiger partial charge in [0.25, 0.3) is 5.91 Å². The standard InChI is InChI=1S/C28H37N7O9/c1-25(2,8-5-9-35(43)44)12-7-6-11-13(16(12)36)17(37)15-22(40)26(10-29)21(39)14(23(31)41)18(38)20(34(3)4)28(26,33)24(42)27(15,32)19(11)30/h6-7,19-20,24,35-37,39,42-43H,5,8-9,30,32-33H2,1-4H3,(H2,31,41)/t19-,20+,24-,26-,27+,28-/m0/s1. The van der Waals surface area contributed by atoms with Gasteiger partial charge in [-0.15, -0.1) is 0 Å². The van der Waals surface area contributed by atoms with Crippen molar-refractivity contribution < 1.29 is 45.2 Å². The number of nitrogens with two attached hydrogens (primary N) is 4. The minimum Gasteiger partial charge on any atom is -0.600 e. The highest BCUT2D eigenvalue weighted by atomic mass is 16.8. The Kier molecular flexibility index (Phi) is 7.74. The van der Waals surface area contributed by atoms with Crippen molar-refractivity contribution in [2.24, 2.45) is 28.3 Å². The zero-order valence-electron chi connectivity index (χ0n) is 24.6. The van der Waals surface area contributed by atoms with Crippen LogP contribution in [0.2, 0.25) is 0 Å². The molecular formula is C28H37N7O9. The Balaban J connectivity index is 2.08. The number of hydrogen-bond donors (Lipinski definition) is 10. The molecule has 0 aromatic heterocycles. The smallest absolute Gasteiger partial charge is 0.255 e. The number of carbonyl (C=O) groups is 3. The number of fused-ring (bicyclic) bond motifs is 3. The second-order valence-electron chi connectivity index (χ2n) is 12.5. The predicted molar refractivity (Wildman–Crippen MR) is 152 cm³/mol. The lowest BCUT2D eigenvalue weighted by atomic mass is 9.45. The fraction of sp³-hybridized carbons (Fsp3) is 0.500. The number of aliphatic hydroxyl groups excluding tert-OH is 3. The highest BCUT2D eigenvalue weighted by Crippen LogP contribution is 2.60. The van der Waals surface area contributed by atoms with E-state index in [4.69, 9.17) is 28.1 Å². The molecule has 1 unspecified atom stereocenters. The number of aromatic hydroxyl groups is 1. The van der Waals surface area contributed by atoms with Gasteiger partial charge in [-0.25, -0.2) is 10.4 Å². The summed E-state index contributed by atoms with van der Waals surface area (Å²) in [7, 11) is 2.63. The Hall–Kier alpha value is -3.92. The Morgan fingerprint density at radius 1 is 1.20 bits per heavy atom. The van der Waals surface area contributed by atoms with E-state index in [-0.39, 0.29) is 29.7 Å². The predicted octanol–water partition coefficient (Wildman–Crippen LogP) is -2.84. The number of phenolic OH excluding ortho intramolecular Hbond substituents is 1. The zero-order valence-corrected chi connectivity index (χ0v) is 24.6. The number of benzene rings is 1. The third-order valence-electron chi connectivity index (χ3n) is 9.48. The number of amides is 1. The maximum atomic E-state index is 14.5. The van der Waals surface area contributed by atoms with Crippen LogP contribution in [-0.2, 0) is 19.8 Å². The first kappa shape index (κ1) is 33.0. The summed E-state index contributed by atoms with van der Waals surface area (Å²) in [5.41, 5.74) is 14.1. The molecule has 44 heavy (non-hydrogen) atoms. The first-order valence-corrected chi connectivity index (χ1v) is 13.6. The molecule has 4 rings (SSSR count). The SMILES string of the molecule is CN(C)[C@@H]1C(=O)C(C(N)=O)=C(O)[C@@]2(C#N)C(=O)C3=C(O)c4c(ccc(C(C)(C)CCC[NH+]([O-])O)c4O)[C@H](N)[C@@]3(N)[C@H](O)[C@@]12N. The largest absolute Gasteiger partial charge is 0.600 e. The summed E-state index contributed by atoms with van der Waals surface area (Å²) in [6.07, 6.45) is -1.75. The number of rotatable bonds is 7. The fourth-order valence-corrected chi connectivity index (χ4v) is 7.24. The summed E-state index contributed by atoms with van der Waals surface area (Å²) in [4.78, 5) is 41.5. The Bertz CT molecular complexity index is 1580. The number of carbonyl (C=O) groups excluding carboxylic acids is 3. The van der Waals surface area contributed by atoms with E-state index in [9.17, 15) is 45.3 Å². The third kappa shape index (κ3) is 3.89. The minimum absolute atomic E-state index is 0.0163. The number of primary amides is 1. The number of ketones is 2. The van der Waals surface area contributed by atoms with Crippen molar-refractivity contribution in [2.45, 2.75) is 61.4 Å². The van der Waals surface area contributed by atoms with Crippen LogP contribution in [0.15, 0.2) is 29.0 Å². The van der Waals surface area contributed by atoms with Gasteiger partial charge in [0, 0.05) is 12.0 Å². The molecule has 3 aliphatic rings. The summed E-state index contributed by atoms with van der Waals surface area (Å²) in [6.45, 7) is 3.33. The average molecular weight is 616 g/mol. The van der Waals surface area contributed by atoms with Crippen molar-refractivity contribution in [3.8, 4) is 11.8 Å². The molecule has 14 N–H and O–H groups in total. The normalized spacial score (nSPS) is 32.6. The van der Waals surface area contributed by atoms with Gasteiger partial charge >= 0.3 is 0 Å². The summed E-state index contributed by atoms with van der Waals surface area (Å²) >= 11 is 0. The molecule has 1 aromatic rings. The van der Waals surface area contributed by atoms with Gasteiger partial charge in [0.15, 0.2) is 17.0 Å². The average Bonchev–Trinajstić information content (AvgIpc) is 2.90. The first-order valence-electron chi connectivity index (χ1n) is 13.6. The van der Waals surface area contributed by atoms with Crippen LogP contribution in [0.3, 0.4) is 0 Å². The van der Waals surface area contributed by atoms with Gasteiger partial charge in [-0.05, 0) is 31.5 Å². The number of nitriles is 1. The molecule has 0 saturated heterocycles. The molecular weight excluding hydrogens is 578 g/mol. The zero-order chi connectivity index (χ0) is 33.5. The molecule has 3 aliphatic carbocycles. The van der Waals surface area contributed by atoms with Gasteiger partial charge in [0.2, 0.25) is 0 Å². The number of phenols is 1. The van der Waals surface area contributed by atoms with E-state index < -0.39 is 91.2 Å². The van der Waals surface area contributed by atoms with Gasteiger partial charge in [-0.3, -0.25) is 19.3 Å². The fourth-order valence-electron chi connectivity index (χ4n) is 7.24. The molecule has 7 atom stereocenters. The first-order chi connectivity index (χ1) is 20.2. The van der Waals surface area contributed by atoms with Crippen molar-refractivity contribution in [2.75, 3.05) is 20.6 Å². The Morgan fingerprint density at radius 3 is 2.30 bits per heavy atom. The molecule has 1 amide bonds. The minimum atomic E-state index is -3.08. The van der Waals surface area contributed by atoms with E-state index in [2.05, 4.69) is 0 Å². The second-order valence-corrected chi connectivity index (χ2v) is 12.5. The van der Waals surface area contributed by atoms with E-state index in [0.717, 1.165) is 4.90 Å². The molecule has 16 heteroatoms. The van der Waals surface area contributed by atoms with Crippen LogP contribution in [0.4, 0.5) is 0 Å². The summed E-state index contributed by atoms with van der Waals surface area (Å²) in [6, 6.07) is 1.09. The van der Waals surface area contributed by atoms with Gasteiger partial charge < -0.3 is 48.6 Å². The summed E-state index contributed by atoms with van der Waals surface area (Å²) in [5.74, 6) is -7.03. The maximum Gasteiger partial charge on any atom is 0.255 e. The highest BCUT2D eigenvalue weighted by Gasteiger charge is 2.79. The molecule has 1 saturated carbocycles. The molecule has 1 fully saturated rings. The van der Waals surface area contributed by atoms with Gasteiger partial charge in [-0.2, -0.15) is 5.26 Å². The van der Waals surface area contributed by atoms with E-state index in [1.54, 1.807) is 19.9 Å². The van der Waals surface area contributed by atoms with Crippen molar-refractivity contribution in [3.63, 3.8) is 0 Å². The van der Waals surface area contributed by atoms with Crippen LogP contribution in [0.5, 0.6) is 5.75 Å². The van der Waals surface area contributed by atoms with Crippen LogP contribution in [0.25, 0.3) is 5.76 Å². The molecule has 238 valence electrons. The van der Waals surface area contributed by atoms with Gasteiger partial charge in [0.05, 0.1) is 34.8 Å². The molecule has 0 bridgehead atoms. The van der Waals surface area contributed by atoms with Crippen LogP contribution in [-0.4, -0.2) is 91.9 Å². The van der Waals surface area contributed by atoms with Crippen LogP contribution in [0.1, 0.15) is 49.4 Å². The quantitative estimate of drug-likeness (QED) is 0.109. The third-order valence-corrected chi connectivity index (χ3v) is 9.48. The van der Waals surface area contributed by atoms with E-state index >= 15 is 0 Å². The summed E-state index contributed by atoms with van der Waals surface area (Å²) < 4.78 is 0. The van der Waals surface area contributed by atoms with Crippen LogP contribution >= 0.6 is 0 Å². The molecule has 1 aromatic carbocycles. The maximum absolute atomic E-state index is 14.5. The Morgan fingerprint density at radius 2 is 1.80 bits per heavy atom. The molecule has 0 spiro atoms. The lowest BCUT2D eigenvalue weighted by Gasteiger charge is -2.62. The summed E-state index contributed by atoms with van der Waals surface area (Å²) in [5, 5.41) is 76.1. The Labute approximate surface area is 251 Å². The van der Waals surface area contributed by atoms with Crippen LogP contribution < -0.4 is 28.2 Å². The number of likely N-dealkylation sites (N-methyl/N-ethyl adjacent to an activating group) is 1. The van der Waals surface area contributed by atoms with Crippen molar-refractivity contribution >= 4 is 23.2 Å². The lowest BCUT2D eigenvalue weighted by Crippen LogP contribution is -3.04. The number of hydrogen-bond acceptors (Lipinski definition) is 14. The monoisotopic (exact) mass is 615 g/mol. The van der Waals surface area contributed by atoms with Crippen molar-refractivity contribution in [3.05, 3.63) is 50.9 Å². The number of Topliss-reactive ketones (excluding diaryl/α,β-unsaturated/α-hetero) is 2. The van der Waals surface area contributed by atoms with E-state index in [1.165, 1.54) is 26.2 Å². The van der Waals surface area contributed by atoms with Gasteiger partial charge in [0.1, 0.15) is 41.0 Å². The second kappa shape index (κ2) is 10.3. The van der Waals surface area contributed by atoms with Crippen LogP contribution in [0, 0.1) is 22.0 Å². The van der Waals surface area contributed by atoms with Crippen molar-refractivity contribution in [1.29, 1.82) is 5.26 Å². The number of nitrogens with one attached hydrogen (secondary N) is 1. The van der Waals surface area contributed by atoms with E-state index in [1.807, 2.05) is 0 Å². The van der Waals surface area contributed by atoms with Gasteiger partial charge in [-0.1, -0.05) is 26.0 Å². The number of nitrogens with zero attached hydrogens (tertiary/aromatic N) is 2. The number of quaternary nitrogens is 1. The molecule has 0 heterocycles. The highest BCUT2D eigenvalue weighted by molar-refractivity contribution is 6.26. The lowest BCUT2D eigenvalue weighted by molar-refractivity contribution is -1.05. The molecule has 16 nitrogen and oxygen atoms in total. The molecule has 0 radical (unpaired) electrons. The number of hydroxylamine groups is 2. The molecule has 0 aliphatic heterocycles. The van der Waals surface area contributed by atoms with Crippen molar-refractivity contribution in [1.82, 2.24) is 4.90 Å². The number of aliphatic hydroxyl groups is 3.